The number of hydrogen-bond acceptors (Lipinski definition) is 2. The SMILES string of the molecule is OB(O)C=Cc1ccc(F)cc1F. The number of halogens is 2. The Balaban J connectivity index is 2.90. The van der Waals surface area contributed by atoms with Crippen molar-refractivity contribution in [2.24, 2.45) is 0 Å². The molecule has 13 heavy (non-hydrogen) atoms. The summed E-state index contributed by atoms with van der Waals surface area (Å²) in [7, 11) is -1.63. The summed E-state index contributed by atoms with van der Waals surface area (Å²) >= 11 is 0. The zero-order chi connectivity index (χ0) is 9.84. The van der Waals surface area contributed by atoms with E-state index >= 15 is 0 Å². The molecule has 0 bridgehead atoms. The molecule has 68 valence electrons. The third-order valence-corrected chi connectivity index (χ3v) is 1.41. The first kappa shape index (κ1) is 9.89. The molecule has 1 aromatic carbocycles. The summed E-state index contributed by atoms with van der Waals surface area (Å²) in [4.78, 5) is 0. The highest BCUT2D eigenvalue weighted by molar-refractivity contribution is 6.48. The van der Waals surface area contributed by atoms with Gasteiger partial charge in [0.25, 0.3) is 0 Å². The van der Waals surface area contributed by atoms with Gasteiger partial charge in [0.05, 0.1) is 0 Å². The van der Waals surface area contributed by atoms with Crippen LogP contribution in [-0.4, -0.2) is 17.2 Å². The Labute approximate surface area is 74.3 Å². The molecule has 0 saturated heterocycles. The monoisotopic (exact) mass is 184 g/mol. The van der Waals surface area contributed by atoms with E-state index in [9.17, 15) is 8.78 Å². The van der Waals surface area contributed by atoms with Crippen LogP contribution in [0.3, 0.4) is 0 Å². The van der Waals surface area contributed by atoms with Crippen molar-refractivity contribution in [3.63, 3.8) is 0 Å². The molecule has 5 heteroatoms. The second-order valence-electron chi connectivity index (χ2n) is 2.44. The lowest BCUT2D eigenvalue weighted by atomic mass is 9.91. The van der Waals surface area contributed by atoms with E-state index in [-0.39, 0.29) is 5.56 Å². The molecule has 2 nitrogen and oxygen atoms in total. The number of rotatable bonds is 2. The molecule has 0 amide bonds. The highest BCUT2D eigenvalue weighted by Gasteiger charge is 2.02. The summed E-state index contributed by atoms with van der Waals surface area (Å²) in [5.41, 5.74) is 0.106. The van der Waals surface area contributed by atoms with Gasteiger partial charge in [0.15, 0.2) is 0 Å². The highest BCUT2D eigenvalue weighted by atomic mass is 19.1. The second-order valence-corrected chi connectivity index (χ2v) is 2.44. The van der Waals surface area contributed by atoms with Crippen LogP contribution in [0.1, 0.15) is 5.56 Å². The molecule has 0 aliphatic heterocycles. The van der Waals surface area contributed by atoms with E-state index in [1.165, 1.54) is 12.1 Å². The first-order valence-electron chi connectivity index (χ1n) is 3.59. The van der Waals surface area contributed by atoms with Gasteiger partial charge in [0, 0.05) is 11.6 Å². The Hall–Kier alpha value is -1.20. The third kappa shape index (κ3) is 2.97. The van der Waals surface area contributed by atoms with Crippen molar-refractivity contribution < 1.29 is 18.8 Å². The number of hydrogen-bond donors (Lipinski definition) is 2. The van der Waals surface area contributed by atoms with Gasteiger partial charge in [-0.2, -0.15) is 0 Å². The lowest BCUT2D eigenvalue weighted by Crippen LogP contribution is -2.05. The van der Waals surface area contributed by atoms with Crippen molar-refractivity contribution in [3.05, 3.63) is 41.4 Å². The predicted molar refractivity (Wildman–Crippen MR) is 45.6 cm³/mol. The van der Waals surface area contributed by atoms with E-state index in [1.807, 2.05) is 0 Å². The van der Waals surface area contributed by atoms with Crippen molar-refractivity contribution in [2.75, 3.05) is 0 Å². The van der Waals surface area contributed by atoms with Gasteiger partial charge < -0.3 is 10.0 Å². The van der Waals surface area contributed by atoms with E-state index in [4.69, 9.17) is 10.0 Å². The van der Waals surface area contributed by atoms with E-state index in [1.54, 1.807) is 0 Å². The molecule has 1 aromatic rings. The zero-order valence-corrected chi connectivity index (χ0v) is 6.61. The lowest BCUT2D eigenvalue weighted by molar-refractivity contribution is 0.424. The zero-order valence-electron chi connectivity index (χ0n) is 6.61. The van der Waals surface area contributed by atoms with Crippen molar-refractivity contribution in [2.45, 2.75) is 0 Å². The van der Waals surface area contributed by atoms with E-state index in [0.29, 0.717) is 0 Å². The quantitative estimate of drug-likeness (QED) is 0.672. The van der Waals surface area contributed by atoms with Crippen LogP contribution in [0, 0.1) is 11.6 Å². The van der Waals surface area contributed by atoms with Crippen molar-refractivity contribution in [1.29, 1.82) is 0 Å². The normalized spacial score (nSPS) is 10.8. The largest absolute Gasteiger partial charge is 0.480 e. The average molecular weight is 184 g/mol. The molecule has 0 fully saturated rings. The van der Waals surface area contributed by atoms with Crippen LogP contribution in [0.15, 0.2) is 24.2 Å². The average Bonchev–Trinajstić information content (AvgIpc) is 2.02. The summed E-state index contributed by atoms with van der Waals surface area (Å²) < 4.78 is 25.2. The lowest BCUT2D eigenvalue weighted by Gasteiger charge is -1.96. The summed E-state index contributed by atoms with van der Waals surface area (Å²) in [6, 6.07) is 3.03. The van der Waals surface area contributed by atoms with Crippen molar-refractivity contribution in [3.8, 4) is 0 Å². The minimum Gasteiger partial charge on any atom is -0.424 e. The molecule has 0 unspecified atom stereocenters. The van der Waals surface area contributed by atoms with Crippen molar-refractivity contribution >= 4 is 13.2 Å². The fourth-order valence-corrected chi connectivity index (χ4v) is 0.826. The topological polar surface area (TPSA) is 40.5 Å². The van der Waals surface area contributed by atoms with E-state index < -0.39 is 18.8 Å². The smallest absolute Gasteiger partial charge is 0.424 e. The summed E-state index contributed by atoms with van der Waals surface area (Å²) in [6.07, 6.45) is 1.17. The van der Waals surface area contributed by atoms with Crippen molar-refractivity contribution in [1.82, 2.24) is 0 Å². The molecule has 0 aliphatic rings. The van der Waals surface area contributed by atoms with Gasteiger partial charge in [-0.15, -0.1) is 0 Å². The minimum absolute atomic E-state index is 0.106. The fourth-order valence-electron chi connectivity index (χ4n) is 0.826. The first-order chi connectivity index (χ1) is 6.09. The Morgan fingerprint density at radius 1 is 1.23 bits per heavy atom. The van der Waals surface area contributed by atoms with Crippen LogP contribution in [0.25, 0.3) is 6.08 Å². The Kier molecular flexibility index (Phi) is 3.16. The summed E-state index contributed by atoms with van der Waals surface area (Å²) in [5, 5.41) is 16.9. The van der Waals surface area contributed by atoms with Crippen LogP contribution in [-0.2, 0) is 0 Å². The third-order valence-electron chi connectivity index (χ3n) is 1.41. The van der Waals surface area contributed by atoms with E-state index in [2.05, 4.69) is 0 Å². The molecule has 0 aromatic heterocycles. The maximum Gasteiger partial charge on any atom is 0.480 e. The summed E-state index contributed by atoms with van der Waals surface area (Å²) in [6.45, 7) is 0. The van der Waals surface area contributed by atoms with Gasteiger partial charge >= 0.3 is 7.12 Å². The summed E-state index contributed by atoms with van der Waals surface area (Å²) in [5.74, 6) is -0.424. The predicted octanol–water partition coefficient (Wildman–Crippen LogP) is 0.990. The Bertz CT molecular complexity index is 326. The van der Waals surface area contributed by atoms with Crippen LogP contribution in [0.4, 0.5) is 8.78 Å². The Morgan fingerprint density at radius 3 is 2.46 bits per heavy atom. The number of benzene rings is 1. The molecule has 1 rings (SSSR count). The maximum atomic E-state index is 12.8. The molecule has 0 atom stereocenters. The molecule has 2 N–H and O–H groups in total. The first-order valence-corrected chi connectivity index (χ1v) is 3.59. The maximum absolute atomic E-state index is 12.8. The Morgan fingerprint density at radius 2 is 1.92 bits per heavy atom. The fraction of sp³-hybridized carbons (Fsp3) is 0. The van der Waals surface area contributed by atoms with Crippen LogP contribution in [0.2, 0.25) is 0 Å². The van der Waals surface area contributed by atoms with Gasteiger partial charge in [-0.3, -0.25) is 0 Å². The van der Waals surface area contributed by atoms with Crippen LogP contribution >= 0.6 is 0 Å². The van der Waals surface area contributed by atoms with Gasteiger partial charge in [-0.25, -0.2) is 8.78 Å². The molecule has 0 saturated carbocycles. The van der Waals surface area contributed by atoms with Gasteiger partial charge in [-0.05, 0) is 12.1 Å². The molecule has 0 heterocycles. The molecular formula is C8H7BF2O2. The van der Waals surface area contributed by atoms with Crippen LogP contribution < -0.4 is 0 Å². The van der Waals surface area contributed by atoms with E-state index in [0.717, 1.165) is 18.1 Å². The van der Waals surface area contributed by atoms with Gasteiger partial charge in [-0.1, -0.05) is 12.1 Å². The standard InChI is InChI=1S/C8H7BF2O2/c10-7-2-1-6(8(11)5-7)3-4-9(12)13/h1-5,12-13H. The minimum atomic E-state index is -1.63. The molecular weight excluding hydrogens is 177 g/mol. The van der Waals surface area contributed by atoms with Crippen LogP contribution in [0.5, 0.6) is 0 Å². The van der Waals surface area contributed by atoms with Gasteiger partial charge in [0.1, 0.15) is 11.6 Å². The molecule has 0 spiro atoms. The molecule has 0 radical (unpaired) electrons. The highest BCUT2D eigenvalue weighted by Crippen LogP contribution is 2.10. The molecule has 0 aliphatic carbocycles. The van der Waals surface area contributed by atoms with Gasteiger partial charge in [0.2, 0.25) is 0 Å². The second kappa shape index (κ2) is 4.16.